The first kappa shape index (κ1) is 22.4. The highest BCUT2D eigenvalue weighted by molar-refractivity contribution is 5.66. The van der Waals surface area contributed by atoms with Crippen LogP contribution in [0.5, 0.6) is 5.75 Å². The Balaban J connectivity index is 0.000000253. The van der Waals surface area contributed by atoms with Crippen LogP contribution in [-0.2, 0) is 13.0 Å². The Kier molecular flexibility index (Phi) is 9.69. The van der Waals surface area contributed by atoms with E-state index in [4.69, 9.17) is 14.9 Å². The highest BCUT2D eigenvalue weighted by atomic mass is 16.5. The quantitative estimate of drug-likeness (QED) is 0.534. The van der Waals surface area contributed by atoms with Gasteiger partial charge in [-0.05, 0) is 28.8 Å². The molecule has 2 aromatic carbocycles. The van der Waals surface area contributed by atoms with Crippen molar-refractivity contribution in [3.8, 4) is 16.9 Å². The fourth-order valence-electron chi connectivity index (χ4n) is 2.78. The van der Waals surface area contributed by atoms with Gasteiger partial charge in [-0.15, -0.1) is 0 Å². The van der Waals surface area contributed by atoms with Gasteiger partial charge in [0.2, 0.25) is 0 Å². The molecule has 2 N–H and O–H groups in total. The summed E-state index contributed by atoms with van der Waals surface area (Å²) >= 11 is 0. The van der Waals surface area contributed by atoms with Gasteiger partial charge in [-0.1, -0.05) is 56.0 Å². The van der Waals surface area contributed by atoms with Crippen LogP contribution in [-0.4, -0.2) is 39.6 Å². The van der Waals surface area contributed by atoms with Gasteiger partial charge in [0.15, 0.2) is 0 Å². The van der Waals surface area contributed by atoms with Crippen molar-refractivity contribution in [2.75, 3.05) is 19.8 Å². The summed E-state index contributed by atoms with van der Waals surface area (Å²) in [5.74, 6) is 1.87. The molecule has 0 saturated heterocycles. The lowest BCUT2D eigenvalue weighted by Gasteiger charge is -2.07. The summed E-state index contributed by atoms with van der Waals surface area (Å²) in [5, 5.41) is 17.3. The zero-order valence-electron chi connectivity index (χ0n) is 17.0. The summed E-state index contributed by atoms with van der Waals surface area (Å²) in [7, 11) is 0. The lowest BCUT2D eigenvalue weighted by atomic mass is 10.0. The van der Waals surface area contributed by atoms with Crippen molar-refractivity contribution in [3.63, 3.8) is 0 Å². The Morgan fingerprint density at radius 1 is 1.00 bits per heavy atom. The second kappa shape index (κ2) is 12.5. The molecule has 0 bridgehead atoms. The maximum absolute atomic E-state index is 8.69. The zero-order chi connectivity index (χ0) is 20.9. The third-order valence-electron chi connectivity index (χ3n) is 4.36. The van der Waals surface area contributed by atoms with Crippen molar-refractivity contribution in [2.24, 2.45) is 0 Å². The number of aromatic nitrogens is 2. The molecule has 1 aromatic heterocycles. The highest BCUT2D eigenvalue weighted by Crippen LogP contribution is 2.23. The molecule has 3 rings (SSSR count). The molecule has 3 aromatic rings. The number of hydrogen-bond acceptors (Lipinski definition) is 4. The number of aliphatic hydroxyl groups excluding tert-OH is 2. The van der Waals surface area contributed by atoms with Crippen molar-refractivity contribution in [3.05, 3.63) is 78.9 Å². The molecule has 29 heavy (non-hydrogen) atoms. The minimum atomic E-state index is 0.160. The molecule has 1 heterocycles. The predicted molar refractivity (Wildman–Crippen MR) is 118 cm³/mol. The third-order valence-corrected chi connectivity index (χ3v) is 4.36. The number of nitrogens with zero attached hydrogens (tertiary/aromatic N) is 2. The second-order valence-electron chi connectivity index (χ2n) is 6.39. The average molecular weight is 395 g/mol. The van der Waals surface area contributed by atoms with E-state index in [2.05, 4.69) is 30.6 Å². The van der Waals surface area contributed by atoms with E-state index in [0.29, 0.717) is 19.6 Å². The fraction of sp³-hybridized carbons (Fsp3) is 0.292. The van der Waals surface area contributed by atoms with Gasteiger partial charge in [-0.2, -0.15) is 0 Å². The normalized spacial score (nSPS) is 10.2. The first-order valence-corrected chi connectivity index (χ1v) is 9.89. The van der Waals surface area contributed by atoms with Crippen LogP contribution in [0.3, 0.4) is 0 Å². The maximum atomic E-state index is 8.69. The lowest BCUT2D eigenvalue weighted by molar-refractivity contribution is 0.233. The van der Waals surface area contributed by atoms with E-state index in [0.717, 1.165) is 29.1 Å². The van der Waals surface area contributed by atoms with Crippen molar-refractivity contribution < 1.29 is 14.9 Å². The summed E-state index contributed by atoms with van der Waals surface area (Å²) < 4.78 is 7.46. The van der Waals surface area contributed by atoms with Crippen LogP contribution in [0, 0.1) is 0 Å². The molecule has 5 nitrogen and oxygen atoms in total. The van der Waals surface area contributed by atoms with Crippen LogP contribution in [0.15, 0.2) is 67.5 Å². The van der Waals surface area contributed by atoms with Crippen molar-refractivity contribution in [2.45, 2.75) is 26.3 Å². The summed E-state index contributed by atoms with van der Waals surface area (Å²) in [6.07, 6.45) is 7.06. The third kappa shape index (κ3) is 7.22. The highest BCUT2D eigenvalue weighted by Gasteiger charge is 1.99. The molecule has 0 aliphatic rings. The SMILES string of the molecule is C=Cc1ccc(-c2ccc(OCCCO)cc2)cc1.CCc1nccn1CCO. The Bertz CT molecular complexity index is 839. The predicted octanol–water partition coefficient (Wildman–Crippen LogP) is 4.20. The van der Waals surface area contributed by atoms with Gasteiger partial charge in [-0.3, -0.25) is 0 Å². The molecule has 154 valence electrons. The standard InChI is InChI=1S/C17H18O2.C7H12N2O/c1-2-14-4-6-15(7-5-14)16-8-10-17(11-9-16)19-13-3-12-18;1-2-7-8-3-4-9(7)5-6-10/h2,4-11,18H,1,3,12-13H2;3-4,10H,2,5-6H2,1H3. The summed E-state index contributed by atoms with van der Waals surface area (Å²) in [4.78, 5) is 4.11. The topological polar surface area (TPSA) is 67.5 Å². The molecule has 0 unspecified atom stereocenters. The van der Waals surface area contributed by atoms with E-state index in [1.54, 1.807) is 6.20 Å². The zero-order valence-corrected chi connectivity index (χ0v) is 17.0. The molecule has 0 spiro atoms. The van der Waals surface area contributed by atoms with Crippen LogP contribution in [0.25, 0.3) is 17.2 Å². The summed E-state index contributed by atoms with van der Waals surface area (Å²) in [6, 6.07) is 16.2. The lowest BCUT2D eigenvalue weighted by Crippen LogP contribution is -2.04. The van der Waals surface area contributed by atoms with E-state index in [-0.39, 0.29) is 13.2 Å². The summed E-state index contributed by atoms with van der Waals surface area (Å²) in [5.41, 5.74) is 3.45. The van der Waals surface area contributed by atoms with Crippen LogP contribution in [0.4, 0.5) is 0 Å². The van der Waals surface area contributed by atoms with Gasteiger partial charge in [0, 0.05) is 38.4 Å². The summed E-state index contributed by atoms with van der Waals surface area (Å²) in [6.45, 7) is 7.34. The number of imidazole rings is 1. The smallest absolute Gasteiger partial charge is 0.119 e. The van der Waals surface area contributed by atoms with Gasteiger partial charge in [0.25, 0.3) is 0 Å². The van der Waals surface area contributed by atoms with E-state index < -0.39 is 0 Å². The molecular formula is C24H30N2O3. The van der Waals surface area contributed by atoms with E-state index in [1.165, 1.54) is 5.56 Å². The maximum Gasteiger partial charge on any atom is 0.119 e. The molecule has 0 aliphatic heterocycles. The van der Waals surface area contributed by atoms with Gasteiger partial charge in [-0.25, -0.2) is 4.98 Å². The van der Waals surface area contributed by atoms with Crippen molar-refractivity contribution >= 4 is 6.08 Å². The van der Waals surface area contributed by atoms with Crippen LogP contribution >= 0.6 is 0 Å². The van der Waals surface area contributed by atoms with Gasteiger partial charge < -0.3 is 19.5 Å². The molecule has 0 amide bonds. The molecule has 0 fully saturated rings. The molecule has 0 saturated carbocycles. The van der Waals surface area contributed by atoms with Gasteiger partial charge in [0.05, 0.1) is 13.2 Å². The minimum absolute atomic E-state index is 0.160. The Morgan fingerprint density at radius 3 is 2.21 bits per heavy atom. The number of benzene rings is 2. The van der Waals surface area contributed by atoms with Crippen LogP contribution in [0.2, 0.25) is 0 Å². The number of ether oxygens (including phenoxy) is 1. The Hall–Kier alpha value is -2.89. The second-order valence-corrected chi connectivity index (χ2v) is 6.39. The minimum Gasteiger partial charge on any atom is -0.494 e. The fourth-order valence-corrected chi connectivity index (χ4v) is 2.78. The molecule has 0 radical (unpaired) electrons. The van der Waals surface area contributed by atoms with E-state index >= 15 is 0 Å². The van der Waals surface area contributed by atoms with Crippen LogP contribution < -0.4 is 4.74 Å². The monoisotopic (exact) mass is 394 g/mol. The number of rotatable bonds is 9. The Morgan fingerprint density at radius 2 is 1.66 bits per heavy atom. The molecular weight excluding hydrogens is 364 g/mol. The Labute approximate surface area is 172 Å². The van der Waals surface area contributed by atoms with Crippen molar-refractivity contribution in [1.29, 1.82) is 0 Å². The largest absolute Gasteiger partial charge is 0.494 e. The molecule has 5 heteroatoms. The van der Waals surface area contributed by atoms with Crippen molar-refractivity contribution in [1.82, 2.24) is 9.55 Å². The number of aryl methyl sites for hydroxylation is 1. The molecule has 0 atom stereocenters. The first-order chi connectivity index (χ1) is 14.2. The number of aliphatic hydroxyl groups is 2. The first-order valence-electron chi connectivity index (χ1n) is 9.89. The van der Waals surface area contributed by atoms with E-state index in [1.807, 2.05) is 53.2 Å². The van der Waals surface area contributed by atoms with E-state index in [9.17, 15) is 0 Å². The average Bonchev–Trinajstić information content (AvgIpc) is 3.23. The number of hydrogen-bond donors (Lipinski definition) is 2. The van der Waals surface area contributed by atoms with Gasteiger partial charge in [0.1, 0.15) is 11.6 Å². The van der Waals surface area contributed by atoms with Gasteiger partial charge >= 0.3 is 0 Å². The van der Waals surface area contributed by atoms with Crippen LogP contribution in [0.1, 0.15) is 24.7 Å². The molecule has 0 aliphatic carbocycles.